The second-order valence-electron chi connectivity index (χ2n) is 1.51. The van der Waals surface area contributed by atoms with Crippen molar-refractivity contribution in [3.63, 3.8) is 0 Å². The van der Waals surface area contributed by atoms with Crippen molar-refractivity contribution >= 4 is 0 Å². The molecule has 4 N–H and O–H groups in total. The molecule has 1 atom stereocenters. The maximum Gasteiger partial charge on any atom is 0.195 e. The van der Waals surface area contributed by atoms with Crippen molar-refractivity contribution in [2.75, 3.05) is 7.05 Å². The van der Waals surface area contributed by atoms with Crippen molar-refractivity contribution in [2.24, 2.45) is 21.9 Å². The maximum absolute atomic E-state index is 5.31. The van der Waals surface area contributed by atoms with Crippen LogP contribution in [0.4, 0.5) is 0 Å². The van der Waals surface area contributed by atoms with Gasteiger partial charge in [0.1, 0.15) is 0 Å². The van der Waals surface area contributed by atoms with E-state index in [1.54, 1.807) is 7.05 Å². The molecule has 1 unspecified atom stereocenters. The molecule has 1 aliphatic rings. The minimum Gasteiger partial charge on any atom is -0.294 e. The van der Waals surface area contributed by atoms with Gasteiger partial charge in [-0.05, 0) is 5.22 Å². The highest BCUT2D eigenvalue weighted by Crippen LogP contribution is 2.02. The van der Waals surface area contributed by atoms with E-state index in [1.165, 1.54) is 5.01 Å². The summed E-state index contributed by atoms with van der Waals surface area (Å²) in [5, 5.41) is 9.55. The molecule has 46 valence electrons. The first-order chi connectivity index (χ1) is 3.72. The van der Waals surface area contributed by atoms with E-state index in [0.717, 1.165) is 5.23 Å². The third-order valence-electron chi connectivity index (χ3n) is 0.968. The second kappa shape index (κ2) is 1.66. The molecule has 0 aromatic carbocycles. The molecule has 1 aliphatic heterocycles. The first-order valence-corrected chi connectivity index (χ1v) is 2.16. The SMILES string of the molecule is CN1C(N)N=NN1N. The highest BCUT2D eigenvalue weighted by molar-refractivity contribution is 4.53. The van der Waals surface area contributed by atoms with Gasteiger partial charge in [-0.25, -0.2) is 5.84 Å². The highest BCUT2D eigenvalue weighted by atomic mass is 16.0. The van der Waals surface area contributed by atoms with Crippen molar-refractivity contribution < 1.29 is 0 Å². The van der Waals surface area contributed by atoms with Crippen molar-refractivity contribution in [3.8, 4) is 0 Å². The Balaban J connectivity index is 2.55. The molecule has 0 bridgehead atoms. The molecule has 6 heteroatoms. The van der Waals surface area contributed by atoms with Crippen LogP contribution in [0.5, 0.6) is 0 Å². The van der Waals surface area contributed by atoms with Gasteiger partial charge in [0.2, 0.25) is 0 Å². The van der Waals surface area contributed by atoms with Gasteiger partial charge in [-0.3, -0.25) is 5.73 Å². The number of nitrogens with two attached hydrogens (primary N) is 2. The minimum atomic E-state index is -0.417. The fraction of sp³-hybridized carbons (Fsp3) is 1.00. The lowest BCUT2D eigenvalue weighted by Crippen LogP contribution is -2.45. The number of hydrazine groups is 2. The zero-order valence-corrected chi connectivity index (χ0v) is 4.52. The van der Waals surface area contributed by atoms with Gasteiger partial charge in [0, 0.05) is 7.05 Å². The van der Waals surface area contributed by atoms with Crippen LogP contribution in [0.1, 0.15) is 0 Å². The topological polar surface area (TPSA) is 83.2 Å². The molecule has 0 saturated carbocycles. The average molecular weight is 116 g/mol. The Labute approximate surface area is 46.7 Å². The summed E-state index contributed by atoms with van der Waals surface area (Å²) in [6.07, 6.45) is -0.417. The van der Waals surface area contributed by atoms with Crippen LogP contribution in [0, 0.1) is 0 Å². The summed E-state index contributed by atoms with van der Waals surface area (Å²) in [4.78, 5) is 0. The van der Waals surface area contributed by atoms with Crippen molar-refractivity contribution in [1.29, 1.82) is 0 Å². The Hall–Kier alpha value is -0.720. The van der Waals surface area contributed by atoms with E-state index < -0.39 is 6.29 Å². The van der Waals surface area contributed by atoms with Gasteiger partial charge in [0.05, 0.1) is 0 Å². The summed E-state index contributed by atoms with van der Waals surface area (Å²) in [5.41, 5.74) is 5.31. The second-order valence-corrected chi connectivity index (χ2v) is 1.51. The number of rotatable bonds is 0. The van der Waals surface area contributed by atoms with Crippen LogP contribution in [0.15, 0.2) is 10.3 Å². The first kappa shape index (κ1) is 5.42. The largest absolute Gasteiger partial charge is 0.294 e. The van der Waals surface area contributed by atoms with E-state index in [4.69, 9.17) is 11.6 Å². The molecule has 0 radical (unpaired) electrons. The summed E-state index contributed by atoms with van der Waals surface area (Å²) < 4.78 is 0. The van der Waals surface area contributed by atoms with Crippen LogP contribution < -0.4 is 11.6 Å². The molecule has 0 saturated heterocycles. The minimum absolute atomic E-state index is 0.417. The summed E-state index contributed by atoms with van der Waals surface area (Å²) in [6.45, 7) is 0. The van der Waals surface area contributed by atoms with Crippen LogP contribution >= 0.6 is 0 Å². The monoisotopic (exact) mass is 116 g/mol. The van der Waals surface area contributed by atoms with Gasteiger partial charge < -0.3 is 0 Å². The predicted octanol–water partition coefficient (Wildman–Crippen LogP) is -1.37. The standard InChI is InChI=1S/C2H8N6/c1-7-2(3)5-6-8(7)4/h2H,3-4H2,1H3. The molecule has 0 fully saturated rings. The molecule has 1 heterocycles. The Bertz CT molecular complexity index is 97.1. The van der Waals surface area contributed by atoms with Crippen LogP contribution in [-0.4, -0.2) is 23.6 Å². The van der Waals surface area contributed by atoms with E-state index in [2.05, 4.69) is 10.3 Å². The van der Waals surface area contributed by atoms with Crippen LogP contribution in [0.25, 0.3) is 0 Å². The summed E-state index contributed by atoms with van der Waals surface area (Å²) in [7, 11) is 1.70. The zero-order valence-electron chi connectivity index (χ0n) is 4.52. The van der Waals surface area contributed by atoms with Crippen molar-refractivity contribution in [3.05, 3.63) is 0 Å². The average Bonchev–Trinajstić information content (AvgIpc) is 1.98. The third-order valence-corrected chi connectivity index (χ3v) is 0.968. The lowest BCUT2D eigenvalue weighted by molar-refractivity contribution is 0.00541. The highest BCUT2D eigenvalue weighted by Gasteiger charge is 2.18. The van der Waals surface area contributed by atoms with Gasteiger partial charge in [0.15, 0.2) is 6.29 Å². The van der Waals surface area contributed by atoms with Crippen LogP contribution in [0.3, 0.4) is 0 Å². The van der Waals surface area contributed by atoms with Gasteiger partial charge >= 0.3 is 0 Å². The molecule has 0 aromatic rings. The zero-order chi connectivity index (χ0) is 6.15. The first-order valence-electron chi connectivity index (χ1n) is 2.16. The smallest absolute Gasteiger partial charge is 0.195 e. The lowest BCUT2D eigenvalue weighted by Gasteiger charge is -2.16. The third kappa shape index (κ3) is 0.641. The number of hydrogen-bond acceptors (Lipinski definition) is 6. The van der Waals surface area contributed by atoms with Crippen molar-refractivity contribution in [2.45, 2.75) is 6.29 Å². The van der Waals surface area contributed by atoms with Gasteiger partial charge in [-0.15, -0.1) is 10.3 Å². The Morgan fingerprint density at radius 2 is 2.25 bits per heavy atom. The lowest BCUT2D eigenvalue weighted by atomic mass is 10.9. The summed E-state index contributed by atoms with van der Waals surface area (Å²) >= 11 is 0. The molecular weight excluding hydrogens is 108 g/mol. The molecule has 0 spiro atoms. The molecular formula is C2H8N6. The summed E-state index contributed by atoms with van der Waals surface area (Å²) in [6, 6.07) is 0. The quantitative estimate of drug-likeness (QED) is 0.382. The predicted molar refractivity (Wildman–Crippen MR) is 26.6 cm³/mol. The Morgan fingerprint density at radius 3 is 2.38 bits per heavy atom. The Kier molecular flexibility index (Phi) is 1.12. The van der Waals surface area contributed by atoms with Crippen molar-refractivity contribution in [1.82, 2.24) is 10.2 Å². The number of nitrogens with zero attached hydrogens (tertiary/aromatic N) is 4. The van der Waals surface area contributed by atoms with Gasteiger partial charge in [-0.1, -0.05) is 0 Å². The Morgan fingerprint density at radius 1 is 1.62 bits per heavy atom. The van der Waals surface area contributed by atoms with E-state index in [-0.39, 0.29) is 0 Å². The molecule has 1 rings (SSSR count). The molecule has 8 heavy (non-hydrogen) atoms. The fourth-order valence-corrected chi connectivity index (χ4v) is 0.365. The molecule has 0 amide bonds. The van der Waals surface area contributed by atoms with Crippen LogP contribution in [-0.2, 0) is 0 Å². The summed E-state index contributed by atoms with van der Waals surface area (Å²) in [5.74, 6) is 5.19. The van der Waals surface area contributed by atoms with Crippen LogP contribution in [0.2, 0.25) is 0 Å². The molecule has 6 nitrogen and oxygen atoms in total. The van der Waals surface area contributed by atoms with Gasteiger partial charge in [-0.2, -0.15) is 5.01 Å². The van der Waals surface area contributed by atoms with E-state index in [1.807, 2.05) is 0 Å². The fourth-order valence-electron chi connectivity index (χ4n) is 0.365. The van der Waals surface area contributed by atoms with Gasteiger partial charge in [0.25, 0.3) is 0 Å². The van der Waals surface area contributed by atoms with E-state index in [9.17, 15) is 0 Å². The number of hydrogen-bond donors (Lipinski definition) is 2. The normalized spacial score (nSPS) is 29.9. The molecule has 0 aromatic heterocycles. The molecule has 0 aliphatic carbocycles. The van der Waals surface area contributed by atoms with E-state index in [0.29, 0.717) is 0 Å². The maximum atomic E-state index is 5.31. The van der Waals surface area contributed by atoms with E-state index >= 15 is 0 Å².